The molecule has 0 fully saturated rings. The van der Waals surface area contributed by atoms with Gasteiger partial charge in [-0.3, -0.25) is 0 Å². The van der Waals surface area contributed by atoms with Crippen molar-refractivity contribution < 1.29 is 4.52 Å². The topological polar surface area (TPSA) is 76.4 Å². The Kier molecular flexibility index (Phi) is 4.87. The third-order valence-corrected chi connectivity index (χ3v) is 3.26. The van der Waals surface area contributed by atoms with Crippen LogP contribution < -0.4 is 11.1 Å². The summed E-state index contributed by atoms with van der Waals surface area (Å²) in [6, 6.07) is 6.98. The van der Waals surface area contributed by atoms with Gasteiger partial charge in [-0.25, -0.2) is 4.99 Å². The molecule has 1 atom stereocenters. The molecule has 20 heavy (non-hydrogen) atoms. The Hall–Kier alpha value is -1.72. The average molecular weight is 313 g/mol. The van der Waals surface area contributed by atoms with Gasteiger partial charge < -0.3 is 15.6 Å². The van der Waals surface area contributed by atoms with E-state index in [4.69, 9.17) is 33.5 Å². The van der Waals surface area contributed by atoms with Gasteiger partial charge in [0.25, 0.3) is 0 Å². The molecule has 2 aromatic rings. The minimum Gasteiger partial charge on any atom is -0.370 e. The van der Waals surface area contributed by atoms with E-state index >= 15 is 0 Å². The molecule has 0 spiro atoms. The average Bonchev–Trinajstić information content (AvgIpc) is 2.89. The van der Waals surface area contributed by atoms with Gasteiger partial charge in [-0.05, 0) is 24.6 Å². The lowest BCUT2D eigenvalue weighted by molar-refractivity contribution is 0.412. The Morgan fingerprint density at radius 2 is 2.25 bits per heavy atom. The number of rotatable bonds is 4. The second kappa shape index (κ2) is 6.63. The summed E-state index contributed by atoms with van der Waals surface area (Å²) in [7, 11) is 0. The molecule has 2 rings (SSSR count). The van der Waals surface area contributed by atoms with E-state index in [1.807, 2.05) is 13.0 Å². The van der Waals surface area contributed by atoms with E-state index < -0.39 is 0 Å². The number of nitrogens with two attached hydrogens (primary N) is 1. The first-order valence-electron chi connectivity index (χ1n) is 5.97. The zero-order chi connectivity index (χ0) is 14.5. The van der Waals surface area contributed by atoms with Gasteiger partial charge in [-0.15, -0.1) is 0 Å². The monoisotopic (exact) mass is 312 g/mol. The van der Waals surface area contributed by atoms with Gasteiger partial charge in [0.1, 0.15) is 12.0 Å². The molecule has 7 heteroatoms. The number of nitrogens with one attached hydrogen (secondary N) is 1. The van der Waals surface area contributed by atoms with E-state index in [-0.39, 0.29) is 6.04 Å². The number of hydrogen-bond donors (Lipinski definition) is 2. The molecule has 1 aromatic carbocycles. The van der Waals surface area contributed by atoms with Crippen LogP contribution in [0, 0.1) is 0 Å². The van der Waals surface area contributed by atoms with Crippen molar-refractivity contribution >= 4 is 29.2 Å². The summed E-state index contributed by atoms with van der Waals surface area (Å²) in [6.07, 6.45) is 1.49. The highest BCUT2D eigenvalue weighted by Gasteiger charge is 2.10. The molecular formula is C13H14Cl2N4O. The van der Waals surface area contributed by atoms with Crippen molar-refractivity contribution in [3.05, 3.63) is 51.8 Å². The first-order chi connectivity index (χ1) is 9.56. The number of halogens is 2. The van der Waals surface area contributed by atoms with Gasteiger partial charge in [-0.1, -0.05) is 34.4 Å². The minimum absolute atomic E-state index is 0.0826. The van der Waals surface area contributed by atoms with Crippen LogP contribution in [-0.4, -0.2) is 11.1 Å². The predicted molar refractivity (Wildman–Crippen MR) is 79.8 cm³/mol. The van der Waals surface area contributed by atoms with Crippen LogP contribution >= 0.6 is 23.2 Å². The van der Waals surface area contributed by atoms with Crippen LogP contribution in [0.1, 0.15) is 24.2 Å². The fourth-order valence-corrected chi connectivity index (χ4v) is 2.26. The Balaban J connectivity index is 1.99. The lowest BCUT2D eigenvalue weighted by Gasteiger charge is -2.16. The molecule has 1 aromatic heterocycles. The lowest BCUT2D eigenvalue weighted by Crippen LogP contribution is -2.34. The second-order valence-electron chi connectivity index (χ2n) is 4.22. The maximum atomic E-state index is 6.14. The molecule has 106 valence electrons. The summed E-state index contributed by atoms with van der Waals surface area (Å²) >= 11 is 12.0. The third-order valence-electron chi connectivity index (χ3n) is 2.70. The van der Waals surface area contributed by atoms with Gasteiger partial charge in [0, 0.05) is 16.1 Å². The molecule has 0 bridgehead atoms. The smallest absolute Gasteiger partial charge is 0.189 e. The van der Waals surface area contributed by atoms with Crippen LogP contribution in [0.4, 0.5) is 0 Å². The first-order valence-corrected chi connectivity index (χ1v) is 6.72. The molecule has 0 aliphatic carbocycles. The predicted octanol–water partition coefficient (Wildman–Crippen LogP) is 3.15. The summed E-state index contributed by atoms with van der Waals surface area (Å²) in [5.74, 6) is 0.312. The van der Waals surface area contributed by atoms with Crippen LogP contribution in [0.15, 0.2) is 40.0 Å². The zero-order valence-electron chi connectivity index (χ0n) is 10.8. The summed E-state index contributed by atoms with van der Waals surface area (Å²) in [6.45, 7) is 2.30. The van der Waals surface area contributed by atoms with E-state index in [1.165, 1.54) is 6.26 Å². The van der Waals surface area contributed by atoms with Crippen molar-refractivity contribution in [3.8, 4) is 0 Å². The number of hydrogen-bond acceptors (Lipinski definition) is 3. The summed E-state index contributed by atoms with van der Waals surface area (Å²) in [5, 5.41) is 7.99. The van der Waals surface area contributed by atoms with Crippen molar-refractivity contribution in [3.63, 3.8) is 0 Å². The SMILES string of the molecule is CC(NC(N)=NCc1ccon1)c1ccc(Cl)cc1Cl. The van der Waals surface area contributed by atoms with E-state index in [1.54, 1.807) is 18.2 Å². The molecule has 0 saturated heterocycles. The van der Waals surface area contributed by atoms with Crippen LogP contribution in [0.3, 0.4) is 0 Å². The van der Waals surface area contributed by atoms with Gasteiger partial charge in [-0.2, -0.15) is 0 Å². The second-order valence-corrected chi connectivity index (χ2v) is 5.07. The fraction of sp³-hybridized carbons (Fsp3) is 0.231. The van der Waals surface area contributed by atoms with E-state index in [9.17, 15) is 0 Å². The Labute approximate surface area is 126 Å². The number of nitrogens with zero attached hydrogens (tertiary/aromatic N) is 2. The van der Waals surface area contributed by atoms with Crippen molar-refractivity contribution in [2.24, 2.45) is 10.7 Å². The van der Waals surface area contributed by atoms with Crippen LogP contribution in [0.2, 0.25) is 10.0 Å². The molecule has 0 radical (unpaired) electrons. The molecule has 0 aliphatic rings. The maximum absolute atomic E-state index is 6.14. The number of benzene rings is 1. The highest BCUT2D eigenvalue weighted by Crippen LogP contribution is 2.25. The maximum Gasteiger partial charge on any atom is 0.189 e. The molecule has 3 N–H and O–H groups in total. The quantitative estimate of drug-likeness (QED) is 0.671. The van der Waals surface area contributed by atoms with E-state index in [2.05, 4.69) is 15.5 Å². The van der Waals surface area contributed by atoms with Gasteiger partial charge in [0.2, 0.25) is 0 Å². The number of aromatic nitrogens is 1. The van der Waals surface area contributed by atoms with Gasteiger partial charge in [0.05, 0.1) is 12.6 Å². The highest BCUT2D eigenvalue weighted by molar-refractivity contribution is 6.35. The first kappa shape index (κ1) is 14.7. The van der Waals surface area contributed by atoms with Gasteiger partial charge in [0.15, 0.2) is 5.96 Å². The summed E-state index contributed by atoms with van der Waals surface area (Å²) in [4.78, 5) is 4.17. The Morgan fingerprint density at radius 1 is 1.45 bits per heavy atom. The Morgan fingerprint density at radius 3 is 2.90 bits per heavy atom. The standard InChI is InChI=1S/C13H14Cl2N4O/c1-8(11-3-2-9(14)6-12(11)15)18-13(16)17-7-10-4-5-20-19-10/h2-6,8H,7H2,1H3,(H3,16,17,18). The number of aliphatic imine (C=N–C) groups is 1. The largest absolute Gasteiger partial charge is 0.370 e. The van der Waals surface area contributed by atoms with Crippen LogP contribution in [-0.2, 0) is 6.54 Å². The van der Waals surface area contributed by atoms with Crippen molar-refractivity contribution in [2.45, 2.75) is 19.5 Å². The highest BCUT2D eigenvalue weighted by atomic mass is 35.5. The minimum atomic E-state index is -0.0826. The van der Waals surface area contributed by atoms with E-state index in [0.29, 0.717) is 28.2 Å². The van der Waals surface area contributed by atoms with Crippen molar-refractivity contribution in [1.82, 2.24) is 10.5 Å². The van der Waals surface area contributed by atoms with Crippen LogP contribution in [0.5, 0.6) is 0 Å². The third kappa shape index (κ3) is 3.88. The molecule has 1 heterocycles. The van der Waals surface area contributed by atoms with Gasteiger partial charge >= 0.3 is 0 Å². The van der Waals surface area contributed by atoms with Crippen molar-refractivity contribution in [1.29, 1.82) is 0 Å². The number of guanidine groups is 1. The van der Waals surface area contributed by atoms with E-state index in [0.717, 1.165) is 5.56 Å². The molecule has 0 aliphatic heterocycles. The molecule has 1 unspecified atom stereocenters. The Bertz CT molecular complexity index is 598. The zero-order valence-corrected chi connectivity index (χ0v) is 12.3. The molecular weight excluding hydrogens is 299 g/mol. The van der Waals surface area contributed by atoms with Crippen molar-refractivity contribution in [2.75, 3.05) is 0 Å². The fourth-order valence-electron chi connectivity index (χ4n) is 1.68. The molecule has 0 amide bonds. The summed E-state index contributed by atoms with van der Waals surface area (Å²) < 4.78 is 4.71. The normalized spacial score (nSPS) is 13.2. The lowest BCUT2D eigenvalue weighted by atomic mass is 10.1. The summed E-state index contributed by atoms with van der Waals surface area (Å²) in [5.41, 5.74) is 7.43. The molecule has 5 nitrogen and oxygen atoms in total. The molecule has 0 saturated carbocycles. The van der Waals surface area contributed by atoms with Crippen LogP contribution in [0.25, 0.3) is 0 Å².